The molecule has 4 heterocycles. The van der Waals surface area contributed by atoms with Crippen molar-refractivity contribution < 1.29 is 9.53 Å². The molecule has 2 aromatic rings. The van der Waals surface area contributed by atoms with Gasteiger partial charge in [0.25, 0.3) is 0 Å². The third-order valence-electron chi connectivity index (χ3n) is 5.28. The van der Waals surface area contributed by atoms with Crippen LogP contribution in [0.25, 0.3) is 0 Å². The first-order valence-electron chi connectivity index (χ1n) is 9.21. The molecule has 0 saturated carbocycles. The van der Waals surface area contributed by atoms with Crippen molar-refractivity contribution in [1.29, 1.82) is 0 Å². The number of nitrogens with zero attached hydrogens (tertiary/aromatic N) is 3. The Morgan fingerprint density at radius 2 is 1.96 bits per heavy atom. The molecule has 0 spiro atoms. The predicted molar refractivity (Wildman–Crippen MR) is 97.0 cm³/mol. The fraction of sp³-hybridized carbons (Fsp3) is 0.450. The van der Waals surface area contributed by atoms with Crippen molar-refractivity contribution in [2.45, 2.75) is 38.1 Å². The van der Waals surface area contributed by atoms with Crippen molar-refractivity contribution in [1.82, 2.24) is 20.2 Å². The number of aromatic nitrogens is 2. The van der Waals surface area contributed by atoms with Gasteiger partial charge in [-0.3, -0.25) is 19.7 Å². The number of fused-ring (bicyclic) bond motifs is 1. The lowest BCUT2D eigenvalue weighted by atomic mass is 9.89. The fourth-order valence-corrected chi connectivity index (χ4v) is 3.99. The summed E-state index contributed by atoms with van der Waals surface area (Å²) < 4.78 is 5.92. The molecule has 4 rings (SSSR count). The zero-order valence-electron chi connectivity index (χ0n) is 14.8. The number of nitrogens with one attached hydrogen (secondary N) is 1. The van der Waals surface area contributed by atoms with Crippen LogP contribution in [0.15, 0.2) is 49.1 Å². The van der Waals surface area contributed by atoms with Gasteiger partial charge in [0, 0.05) is 57.1 Å². The van der Waals surface area contributed by atoms with Crippen LogP contribution in [0, 0.1) is 5.92 Å². The minimum Gasteiger partial charge on any atom is -0.377 e. The summed E-state index contributed by atoms with van der Waals surface area (Å²) in [7, 11) is 0. The molecular weight excluding hydrogens is 328 g/mol. The first-order valence-corrected chi connectivity index (χ1v) is 9.21. The maximum absolute atomic E-state index is 12.7. The molecule has 6 nitrogen and oxygen atoms in total. The van der Waals surface area contributed by atoms with Gasteiger partial charge in [0.1, 0.15) is 0 Å². The van der Waals surface area contributed by atoms with E-state index in [1.807, 2.05) is 24.4 Å². The minimum atomic E-state index is -0.0531. The van der Waals surface area contributed by atoms with E-state index in [0.29, 0.717) is 12.6 Å². The zero-order valence-corrected chi connectivity index (χ0v) is 14.8. The summed E-state index contributed by atoms with van der Waals surface area (Å²) in [6.45, 7) is 2.87. The van der Waals surface area contributed by atoms with E-state index in [4.69, 9.17) is 4.74 Å². The van der Waals surface area contributed by atoms with Gasteiger partial charge >= 0.3 is 0 Å². The Bertz CT molecular complexity index is 725. The first kappa shape index (κ1) is 17.1. The molecule has 26 heavy (non-hydrogen) atoms. The van der Waals surface area contributed by atoms with E-state index in [1.165, 1.54) is 5.56 Å². The monoisotopic (exact) mass is 352 g/mol. The highest BCUT2D eigenvalue weighted by molar-refractivity contribution is 5.79. The van der Waals surface area contributed by atoms with E-state index in [-0.39, 0.29) is 17.9 Å². The van der Waals surface area contributed by atoms with Gasteiger partial charge in [0.05, 0.1) is 12.0 Å². The molecule has 0 aromatic carbocycles. The molecule has 0 bridgehead atoms. The highest BCUT2D eigenvalue weighted by Crippen LogP contribution is 2.32. The third-order valence-corrected chi connectivity index (χ3v) is 5.28. The SMILES string of the molecule is O=C(NCc1cccnc1)[C@H]1C[C@@H]2OCC[C@@H]2N(Cc2cccnc2)C1. The van der Waals surface area contributed by atoms with Crippen LogP contribution in [-0.4, -0.2) is 46.1 Å². The average Bonchev–Trinajstić information content (AvgIpc) is 3.17. The second kappa shape index (κ2) is 7.93. The van der Waals surface area contributed by atoms with Crippen LogP contribution in [0.1, 0.15) is 24.0 Å². The minimum absolute atomic E-state index is 0.0531. The van der Waals surface area contributed by atoms with Crippen molar-refractivity contribution in [2.24, 2.45) is 5.92 Å². The van der Waals surface area contributed by atoms with Gasteiger partial charge in [-0.1, -0.05) is 12.1 Å². The Balaban J connectivity index is 1.41. The smallest absolute Gasteiger partial charge is 0.224 e. The number of rotatable bonds is 5. The van der Waals surface area contributed by atoms with E-state index in [2.05, 4.69) is 26.3 Å². The average molecular weight is 352 g/mol. The molecule has 6 heteroatoms. The number of ether oxygens (including phenoxy) is 1. The Kier molecular flexibility index (Phi) is 5.22. The van der Waals surface area contributed by atoms with Crippen LogP contribution in [0.2, 0.25) is 0 Å². The molecule has 3 atom stereocenters. The van der Waals surface area contributed by atoms with Crippen molar-refractivity contribution >= 4 is 5.91 Å². The number of likely N-dealkylation sites (tertiary alicyclic amines) is 1. The number of hydrogen-bond acceptors (Lipinski definition) is 5. The molecule has 0 radical (unpaired) electrons. The molecular formula is C20H24N4O2. The predicted octanol–water partition coefficient (Wildman–Crippen LogP) is 1.77. The fourth-order valence-electron chi connectivity index (χ4n) is 3.99. The van der Waals surface area contributed by atoms with Gasteiger partial charge in [-0.25, -0.2) is 0 Å². The number of pyridine rings is 2. The van der Waals surface area contributed by atoms with Gasteiger partial charge in [0.15, 0.2) is 0 Å². The lowest BCUT2D eigenvalue weighted by Gasteiger charge is -2.40. The third kappa shape index (κ3) is 3.92. The maximum atomic E-state index is 12.7. The number of carbonyl (C=O) groups excluding carboxylic acids is 1. The van der Waals surface area contributed by atoms with Gasteiger partial charge in [-0.15, -0.1) is 0 Å². The molecule has 0 unspecified atom stereocenters. The first-order chi connectivity index (χ1) is 12.8. The van der Waals surface area contributed by atoms with E-state index in [9.17, 15) is 4.79 Å². The highest BCUT2D eigenvalue weighted by atomic mass is 16.5. The maximum Gasteiger partial charge on any atom is 0.224 e. The number of carbonyl (C=O) groups is 1. The lowest BCUT2D eigenvalue weighted by molar-refractivity contribution is -0.130. The summed E-state index contributed by atoms with van der Waals surface area (Å²) in [5, 5.41) is 3.06. The van der Waals surface area contributed by atoms with Crippen molar-refractivity contribution in [3.8, 4) is 0 Å². The van der Waals surface area contributed by atoms with Crippen molar-refractivity contribution in [3.05, 3.63) is 60.2 Å². The summed E-state index contributed by atoms with van der Waals surface area (Å²) in [5.41, 5.74) is 2.19. The van der Waals surface area contributed by atoms with Gasteiger partial charge in [-0.05, 0) is 36.1 Å². The Morgan fingerprint density at radius 1 is 1.19 bits per heavy atom. The van der Waals surface area contributed by atoms with Crippen LogP contribution in [0.3, 0.4) is 0 Å². The molecule has 2 aromatic heterocycles. The number of amides is 1. The lowest BCUT2D eigenvalue weighted by Crippen LogP contribution is -2.52. The molecule has 1 N–H and O–H groups in total. The highest BCUT2D eigenvalue weighted by Gasteiger charge is 2.42. The molecule has 2 aliphatic heterocycles. The van der Waals surface area contributed by atoms with Gasteiger partial charge < -0.3 is 10.1 Å². The van der Waals surface area contributed by atoms with E-state index >= 15 is 0 Å². The molecule has 1 amide bonds. The van der Waals surface area contributed by atoms with Gasteiger partial charge in [-0.2, -0.15) is 0 Å². The number of hydrogen-bond donors (Lipinski definition) is 1. The zero-order chi connectivity index (χ0) is 17.8. The van der Waals surface area contributed by atoms with Crippen LogP contribution in [0.5, 0.6) is 0 Å². The van der Waals surface area contributed by atoms with Crippen molar-refractivity contribution in [2.75, 3.05) is 13.2 Å². The summed E-state index contributed by atoms with van der Waals surface area (Å²) >= 11 is 0. The van der Waals surface area contributed by atoms with Crippen LogP contribution >= 0.6 is 0 Å². The molecule has 2 fully saturated rings. The quantitative estimate of drug-likeness (QED) is 0.888. The molecule has 2 aliphatic rings. The van der Waals surface area contributed by atoms with Gasteiger partial charge in [0.2, 0.25) is 5.91 Å². The topological polar surface area (TPSA) is 67.3 Å². The molecule has 0 aliphatic carbocycles. The van der Waals surface area contributed by atoms with Crippen LogP contribution in [-0.2, 0) is 22.6 Å². The Morgan fingerprint density at radius 3 is 2.69 bits per heavy atom. The second-order valence-corrected chi connectivity index (χ2v) is 7.07. The normalized spacial score (nSPS) is 25.6. The van der Waals surface area contributed by atoms with Crippen molar-refractivity contribution in [3.63, 3.8) is 0 Å². The summed E-state index contributed by atoms with van der Waals surface area (Å²) in [6.07, 6.45) is 9.19. The van der Waals surface area contributed by atoms with E-state index < -0.39 is 0 Å². The standard InChI is InChI=1S/C20H24N4O2/c25-20(23-12-15-3-1-6-21-10-15)17-9-19-18(5-8-26-19)24(14-17)13-16-4-2-7-22-11-16/h1-4,6-7,10-11,17-19H,5,8-9,12-14H2,(H,23,25)/t17-,18-,19-/m0/s1. The Hall–Kier alpha value is -2.31. The van der Waals surface area contributed by atoms with E-state index in [0.717, 1.165) is 38.1 Å². The van der Waals surface area contributed by atoms with E-state index in [1.54, 1.807) is 18.6 Å². The molecule has 2 saturated heterocycles. The summed E-state index contributed by atoms with van der Waals surface area (Å²) in [4.78, 5) is 23.4. The summed E-state index contributed by atoms with van der Waals surface area (Å²) in [6, 6.07) is 8.30. The van der Waals surface area contributed by atoms with Crippen LogP contribution in [0.4, 0.5) is 0 Å². The summed E-state index contributed by atoms with van der Waals surface area (Å²) in [5.74, 6) is 0.0432. The Labute approximate surface area is 153 Å². The second-order valence-electron chi connectivity index (χ2n) is 7.07. The van der Waals surface area contributed by atoms with Crippen LogP contribution < -0.4 is 5.32 Å². The largest absolute Gasteiger partial charge is 0.377 e. The molecule has 136 valence electrons. The number of piperidine rings is 1.